The van der Waals surface area contributed by atoms with Crippen LogP contribution in [0.15, 0.2) is 0 Å². The molecule has 1 saturated carbocycles. The van der Waals surface area contributed by atoms with Crippen molar-refractivity contribution in [3.63, 3.8) is 0 Å². The number of likely N-dealkylation sites (tertiary alicyclic amines) is 1. The van der Waals surface area contributed by atoms with Gasteiger partial charge in [0, 0.05) is 19.5 Å². The molecule has 21 heavy (non-hydrogen) atoms. The highest BCUT2D eigenvalue weighted by Crippen LogP contribution is 2.35. The molecule has 0 aromatic heterocycles. The fourth-order valence-electron chi connectivity index (χ4n) is 3.17. The van der Waals surface area contributed by atoms with E-state index in [9.17, 15) is 14.4 Å². The molecule has 0 aromatic rings. The Morgan fingerprint density at radius 3 is 2.29 bits per heavy atom. The summed E-state index contributed by atoms with van der Waals surface area (Å²) in [7, 11) is 0. The molecule has 2 aliphatic rings. The Morgan fingerprint density at radius 2 is 1.86 bits per heavy atom. The smallest absolute Gasteiger partial charge is 0.317 e. The first-order chi connectivity index (χ1) is 9.90. The number of primary amides is 1. The maximum atomic E-state index is 12.2. The number of hydrogen-bond acceptors (Lipinski definition) is 3. The van der Waals surface area contributed by atoms with Crippen LogP contribution in [0, 0.1) is 5.92 Å². The molecule has 0 atom stereocenters. The maximum absolute atomic E-state index is 12.2. The van der Waals surface area contributed by atoms with Gasteiger partial charge in [-0.25, -0.2) is 4.79 Å². The zero-order chi connectivity index (χ0) is 15.5. The first kappa shape index (κ1) is 15.6. The number of carboxylic acids is 1. The van der Waals surface area contributed by atoms with E-state index in [0.717, 1.165) is 32.1 Å². The van der Waals surface area contributed by atoms with E-state index >= 15 is 0 Å². The number of amides is 3. The molecule has 0 spiro atoms. The molecule has 118 valence electrons. The molecule has 1 heterocycles. The van der Waals surface area contributed by atoms with Crippen molar-refractivity contribution in [3.8, 4) is 0 Å². The summed E-state index contributed by atoms with van der Waals surface area (Å²) in [4.78, 5) is 35.8. The van der Waals surface area contributed by atoms with Gasteiger partial charge >= 0.3 is 12.0 Å². The van der Waals surface area contributed by atoms with Gasteiger partial charge in [-0.05, 0) is 38.0 Å². The molecule has 1 saturated heterocycles. The quantitative estimate of drug-likeness (QED) is 0.692. The number of carbonyl (C=O) groups excluding carboxylic acids is 2. The third kappa shape index (κ3) is 4.09. The Kier molecular flexibility index (Phi) is 4.69. The van der Waals surface area contributed by atoms with Crippen LogP contribution in [0.1, 0.15) is 44.9 Å². The molecule has 0 unspecified atom stereocenters. The SMILES string of the molecule is NC(=O)CC1CCN(C(=O)NC2(CC(=O)O)CCC2)CC1. The van der Waals surface area contributed by atoms with Gasteiger partial charge in [0.15, 0.2) is 0 Å². The number of piperidine rings is 1. The van der Waals surface area contributed by atoms with Crippen molar-refractivity contribution in [1.29, 1.82) is 0 Å². The van der Waals surface area contributed by atoms with Crippen molar-refractivity contribution < 1.29 is 19.5 Å². The molecule has 0 radical (unpaired) electrons. The predicted octanol–water partition coefficient (Wildman–Crippen LogP) is 0.681. The second-order valence-corrected chi connectivity index (χ2v) is 6.24. The minimum Gasteiger partial charge on any atom is -0.481 e. The third-order valence-corrected chi connectivity index (χ3v) is 4.56. The lowest BCUT2D eigenvalue weighted by atomic mass is 9.74. The summed E-state index contributed by atoms with van der Waals surface area (Å²) in [5, 5.41) is 11.8. The van der Waals surface area contributed by atoms with Crippen LogP contribution in [0.25, 0.3) is 0 Å². The van der Waals surface area contributed by atoms with E-state index in [1.54, 1.807) is 4.90 Å². The highest BCUT2D eigenvalue weighted by Gasteiger charge is 2.41. The minimum absolute atomic E-state index is 0.0170. The molecule has 1 aliphatic carbocycles. The van der Waals surface area contributed by atoms with Gasteiger partial charge in [0.05, 0.1) is 12.0 Å². The summed E-state index contributed by atoms with van der Waals surface area (Å²) in [6, 6.07) is -0.187. The van der Waals surface area contributed by atoms with Gasteiger partial charge < -0.3 is 21.1 Å². The highest BCUT2D eigenvalue weighted by atomic mass is 16.4. The number of aliphatic carboxylic acids is 1. The maximum Gasteiger partial charge on any atom is 0.317 e. The van der Waals surface area contributed by atoms with Gasteiger partial charge in [0.25, 0.3) is 0 Å². The van der Waals surface area contributed by atoms with Crippen LogP contribution >= 0.6 is 0 Å². The lowest BCUT2D eigenvalue weighted by molar-refractivity contribution is -0.139. The van der Waals surface area contributed by atoms with Crippen molar-refractivity contribution in [1.82, 2.24) is 10.2 Å². The van der Waals surface area contributed by atoms with Crippen molar-refractivity contribution in [2.24, 2.45) is 11.7 Å². The first-order valence-corrected chi connectivity index (χ1v) is 7.47. The third-order valence-electron chi connectivity index (χ3n) is 4.56. The number of hydrogen-bond donors (Lipinski definition) is 3. The van der Waals surface area contributed by atoms with E-state index in [1.807, 2.05) is 0 Å². The van der Waals surface area contributed by atoms with Crippen molar-refractivity contribution in [2.45, 2.75) is 50.5 Å². The molecular formula is C14H23N3O4. The lowest BCUT2D eigenvalue weighted by Gasteiger charge is -2.43. The second-order valence-electron chi connectivity index (χ2n) is 6.24. The number of nitrogens with one attached hydrogen (secondary N) is 1. The largest absolute Gasteiger partial charge is 0.481 e. The molecule has 7 heteroatoms. The lowest BCUT2D eigenvalue weighted by Crippen LogP contribution is -2.58. The Bertz CT molecular complexity index is 426. The monoisotopic (exact) mass is 297 g/mol. The number of carbonyl (C=O) groups is 3. The molecule has 3 amide bonds. The van der Waals surface area contributed by atoms with Crippen LogP contribution in [0.3, 0.4) is 0 Å². The number of urea groups is 1. The van der Waals surface area contributed by atoms with E-state index in [0.29, 0.717) is 19.5 Å². The average molecular weight is 297 g/mol. The molecule has 2 rings (SSSR count). The van der Waals surface area contributed by atoms with Crippen LogP contribution in [-0.4, -0.2) is 46.5 Å². The summed E-state index contributed by atoms with van der Waals surface area (Å²) >= 11 is 0. The zero-order valence-electron chi connectivity index (χ0n) is 12.1. The number of carboxylic acid groups (broad SMARTS) is 1. The summed E-state index contributed by atoms with van der Waals surface area (Å²) in [5.74, 6) is -0.925. The van der Waals surface area contributed by atoms with Gasteiger partial charge in [0.2, 0.25) is 5.91 Å². The van der Waals surface area contributed by atoms with Gasteiger partial charge in [-0.3, -0.25) is 9.59 Å². The van der Waals surface area contributed by atoms with Gasteiger partial charge in [-0.15, -0.1) is 0 Å². The van der Waals surface area contributed by atoms with Crippen molar-refractivity contribution >= 4 is 17.9 Å². The molecule has 0 aromatic carbocycles. The van der Waals surface area contributed by atoms with Gasteiger partial charge in [-0.1, -0.05) is 0 Å². The summed E-state index contributed by atoms with van der Waals surface area (Å²) < 4.78 is 0. The number of nitrogens with two attached hydrogens (primary N) is 1. The Balaban J connectivity index is 1.82. The Morgan fingerprint density at radius 1 is 1.24 bits per heavy atom. The van der Waals surface area contributed by atoms with E-state index in [1.165, 1.54) is 0 Å². The number of nitrogens with zero attached hydrogens (tertiary/aromatic N) is 1. The minimum atomic E-state index is -0.879. The normalized spacial score (nSPS) is 21.4. The topological polar surface area (TPSA) is 113 Å². The van der Waals surface area contributed by atoms with Crippen molar-refractivity contribution in [3.05, 3.63) is 0 Å². The average Bonchev–Trinajstić information content (AvgIpc) is 2.35. The standard InChI is InChI=1S/C14H23N3O4/c15-11(18)8-10-2-6-17(7-3-10)13(21)16-14(4-1-5-14)9-12(19)20/h10H,1-9H2,(H2,15,18)(H,16,21)(H,19,20). The molecule has 7 nitrogen and oxygen atoms in total. The first-order valence-electron chi connectivity index (χ1n) is 7.47. The van der Waals surface area contributed by atoms with E-state index in [-0.39, 0.29) is 24.3 Å². The summed E-state index contributed by atoms with van der Waals surface area (Å²) in [5.41, 5.74) is 4.62. The van der Waals surface area contributed by atoms with Crippen molar-refractivity contribution in [2.75, 3.05) is 13.1 Å². The number of rotatable bonds is 5. The van der Waals surface area contributed by atoms with Crippen LogP contribution in [0.4, 0.5) is 4.79 Å². The van der Waals surface area contributed by atoms with E-state index < -0.39 is 11.5 Å². The van der Waals surface area contributed by atoms with Gasteiger partial charge in [-0.2, -0.15) is 0 Å². The van der Waals surface area contributed by atoms with Crippen LogP contribution in [-0.2, 0) is 9.59 Å². The fourth-order valence-corrected chi connectivity index (χ4v) is 3.17. The molecule has 1 aliphatic heterocycles. The Hall–Kier alpha value is -1.79. The molecule has 4 N–H and O–H groups in total. The van der Waals surface area contributed by atoms with E-state index in [4.69, 9.17) is 10.8 Å². The van der Waals surface area contributed by atoms with Gasteiger partial charge in [0.1, 0.15) is 0 Å². The Labute approximate surface area is 123 Å². The van der Waals surface area contributed by atoms with Crippen LogP contribution < -0.4 is 11.1 Å². The highest BCUT2D eigenvalue weighted by molar-refractivity contribution is 5.77. The molecule has 2 fully saturated rings. The van der Waals surface area contributed by atoms with E-state index in [2.05, 4.69) is 5.32 Å². The van der Waals surface area contributed by atoms with Crippen LogP contribution in [0.2, 0.25) is 0 Å². The summed E-state index contributed by atoms with van der Waals surface area (Å²) in [6.45, 7) is 1.18. The predicted molar refractivity (Wildman–Crippen MR) is 75.5 cm³/mol. The summed E-state index contributed by atoms with van der Waals surface area (Å²) in [6.07, 6.45) is 4.29. The zero-order valence-corrected chi connectivity index (χ0v) is 12.1. The molecule has 0 bridgehead atoms. The van der Waals surface area contributed by atoms with Crippen LogP contribution in [0.5, 0.6) is 0 Å². The second kappa shape index (κ2) is 6.32. The fraction of sp³-hybridized carbons (Fsp3) is 0.786. The molecular weight excluding hydrogens is 274 g/mol.